The molecule has 1 aromatic carbocycles. The van der Waals surface area contributed by atoms with E-state index < -0.39 is 0 Å². The third-order valence-electron chi connectivity index (χ3n) is 3.66. The normalized spacial score (nSPS) is 12.7. The molecule has 0 saturated heterocycles. The zero-order chi connectivity index (χ0) is 13.3. The minimum Gasteiger partial charge on any atom is -0.324 e. The molecule has 0 aliphatic rings. The highest BCUT2D eigenvalue weighted by Gasteiger charge is 2.14. The lowest BCUT2D eigenvalue weighted by Gasteiger charge is -2.15. The Morgan fingerprint density at radius 1 is 1.22 bits per heavy atom. The van der Waals surface area contributed by atoms with Crippen LogP contribution in [0.5, 0.6) is 0 Å². The minimum atomic E-state index is 0.0606. The SMILES string of the molecule is CC[C@@H](N)c1ccccc1-n1nc(C)c(C)c1C. The summed E-state index contributed by atoms with van der Waals surface area (Å²) in [5.74, 6) is 0. The number of rotatable bonds is 3. The molecule has 1 aromatic heterocycles. The monoisotopic (exact) mass is 243 g/mol. The number of aromatic nitrogens is 2. The lowest BCUT2D eigenvalue weighted by molar-refractivity contribution is 0.683. The predicted molar refractivity (Wildman–Crippen MR) is 75.0 cm³/mol. The van der Waals surface area contributed by atoms with Crippen molar-refractivity contribution in [2.45, 2.75) is 40.2 Å². The highest BCUT2D eigenvalue weighted by molar-refractivity contribution is 5.45. The van der Waals surface area contributed by atoms with Gasteiger partial charge in [0.05, 0.1) is 11.4 Å². The Kier molecular flexibility index (Phi) is 3.53. The zero-order valence-electron chi connectivity index (χ0n) is 11.6. The van der Waals surface area contributed by atoms with Crippen LogP contribution in [0, 0.1) is 20.8 Å². The second-order valence-corrected chi connectivity index (χ2v) is 4.78. The maximum atomic E-state index is 6.19. The maximum absolute atomic E-state index is 6.19. The molecule has 2 N–H and O–H groups in total. The smallest absolute Gasteiger partial charge is 0.0696 e. The van der Waals surface area contributed by atoms with Crippen molar-refractivity contribution in [1.82, 2.24) is 9.78 Å². The van der Waals surface area contributed by atoms with Crippen LogP contribution in [-0.2, 0) is 0 Å². The Balaban J connectivity index is 2.60. The van der Waals surface area contributed by atoms with Crippen molar-refractivity contribution in [2.75, 3.05) is 0 Å². The maximum Gasteiger partial charge on any atom is 0.0696 e. The van der Waals surface area contributed by atoms with Crippen molar-refractivity contribution in [3.63, 3.8) is 0 Å². The van der Waals surface area contributed by atoms with Gasteiger partial charge in [0.2, 0.25) is 0 Å². The van der Waals surface area contributed by atoms with Gasteiger partial charge in [-0.25, -0.2) is 4.68 Å². The molecule has 18 heavy (non-hydrogen) atoms. The molecule has 0 unspecified atom stereocenters. The van der Waals surface area contributed by atoms with E-state index in [1.54, 1.807) is 0 Å². The Morgan fingerprint density at radius 2 is 1.89 bits per heavy atom. The van der Waals surface area contributed by atoms with E-state index >= 15 is 0 Å². The van der Waals surface area contributed by atoms with Gasteiger partial charge in [0.1, 0.15) is 0 Å². The van der Waals surface area contributed by atoms with E-state index in [1.165, 1.54) is 11.3 Å². The van der Waals surface area contributed by atoms with Gasteiger partial charge >= 0.3 is 0 Å². The first-order valence-corrected chi connectivity index (χ1v) is 6.44. The summed E-state index contributed by atoms with van der Waals surface area (Å²) < 4.78 is 2.01. The quantitative estimate of drug-likeness (QED) is 0.899. The van der Waals surface area contributed by atoms with E-state index in [0.29, 0.717) is 0 Å². The van der Waals surface area contributed by atoms with Gasteiger partial charge in [-0.15, -0.1) is 0 Å². The molecule has 0 spiro atoms. The van der Waals surface area contributed by atoms with E-state index in [9.17, 15) is 0 Å². The van der Waals surface area contributed by atoms with Gasteiger partial charge in [-0.1, -0.05) is 25.1 Å². The fraction of sp³-hybridized carbons (Fsp3) is 0.400. The summed E-state index contributed by atoms with van der Waals surface area (Å²) in [5.41, 5.74) is 11.9. The average molecular weight is 243 g/mol. The second kappa shape index (κ2) is 4.94. The number of nitrogens with zero attached hydrogens (tertiary/aromatic N) is 2. The van der Waals surface area contributed by atoms with Crippen LogP contribution >= 0.6 is 0 Å². The Hall–Kier alpha value is -1.61. The first-order valence-electron chi connectivity index (χ1n) is 6.44. The summed E-state index contributed by atoms with van der Waals surface area (Å²) in [6.07, 6.45) is 0.926. The van der Waals surface area contributed by atoms with Crippen molar-refractivity contribution in [3.8, 4) is 5.69 Å². The molecule has 2 aromatic rings. The third kappa shape index (κ3) is 2.06. The van der Waals surface area contributed by atoms with Crippen LogP contribution in [0.1, 0.15) is 41.9 Å². The molecule has 96 valence electrons. The summed E-state index contributed by atoms with van der Waals surface area (Å²) in [6.45, 7) is 8.36. The molecule has 0 aliphatic heterocycles. The van der Waals surface area contributed by atoms with Crippen molar-refractivity contribution >= 4 is 0 Å². The van der Waals surface area contributed by atoms with Gasteiger partial charge in [0.15, 0.2) is 0 Å². The molecule has 0 saturated carbocycles. The number of aryl methyl sites for hydroxylation is 1. The fourth-order valence-corrected chi connectivity index (χ4v) is 2.17. The van der Waals surface area contributed by atoms with Crippen LogP contribution in [0.4, 0.5) is 0 Å². The fourth-order valence-electron chi connectivity index (χ4n) is 2.17. The minimum absolute atomic E-state index is 0.0606. The van der Waals surface area contributed by atoms with Crippen molar-refractivity contribution < 1.29 is 0 Å². The number of hydrogen-bond donors (Lipinski definition) is 1. The van der Waals surface area contributed by atoms with Crippen molar-refractivity contribution in [1.29, 1.82) is 0 Å². The van der Waals surface area contributed by atoms with Crippen LogP contribution in [0.25, 0.3) is 5.69 Å². The summed E-state index contributed by atoms with van der Waals surface area (Å²) in [4.78, 5) is 0. The summed E-state index contributed by atoms with van der Waals surface area (Å²) >= 11 is 0. The third-order valence-corrected chi connectivity index (χ3v) is 3.66. The van der Waals surface area contributed by atoms with Crippen LogP contribution in [0.15, 0.2) is 24.3 Å². The predicted octanol–water partition coefficient (Wildman–Crippen LogP) is 3.21. The van der Waals surface area contributed by atoms with E-state index in [2.05, 4.69) is 38.0 Å². The van der Waals surface area contributed by atoms with Gasteiger partial charge < -0.3 is 5.73 Å². The van der Waals surface area contributed by atoms with Gasteiger partial charge in [0.25, 0.3) is 0 Å². The number of nitrogens with two attached hydrogens (primary N) is 1. The topological polar surface area (TPSA) is 43.8 Å². The molecule has 2 rings (SSSR count). The molecule has 0 amide bonds. The molecule has 0 radical (unpaired) electrons. The van der Waals surface area contributed by atoms with E-state index in [0.717, 1.165) is 23.4 Å². The first kappa shape index (κ1) is 12.8. The van der Waals surface area contributed by atoms with E-state index in [-0.39, 0.29) is 6.04 Å². The Bertz CT molecular complexity index is 555. The van der Waals surface area contributed by atoms with Crippen molar-refractivity contribution in [3.05, 3.63) is 46.8 Å². The molecule has 1 heterocycles. The number of para-hydroxylation sites is 1. The van der Waals surface area contributed by atoms with Crippen molar-refractivity contribution in [2.24, 2.45) is 5.73 Å². The average Bonchev–Trinajstić information content (AvgIpc) is 2.65. The Morgan fingerprint density at radius 3 is 2.44 bits per heavy atom. The molecular formula is C15H21N3. The molecule has 1 atom stereocenters. The molecule has 3 heteroatoms. The largest absolute Gasteiger partial charge is 0.324 e. The molecular weight excluding hydrogens is 222 g/mol. The van der Waals surface area contributed by atoms with E-state index in [4.69, 9.17) is 5.73 Å². The molecule has 3 nitrogen and oxygen atoms in total. The first-order chi connectivity index (χ1) is 8.56. The van der Waals surface area contributed by atoms with Crippen LogP contribution in [-0.4, -0.2) is 9.78 Å². The van der Waals surface area contributed by atoms with Crippen LogP contribution in [0.3, 0.4) is 0 Å². The summed E-state index contributed by atoms with van der Waals surface area (Å²) in [7, 11) is 0. The van der Waals surface area contributed by atoms with Gasteiger partial charge in [-0.2, -0.15) is 5.10 Å². The molecule has 0 aliphatic carbocycles. The highest BCUT2D eigenvalue weighted by atomic mass is 15.3. The standard InChI is InChI=1S/C15H21N3/c1-5-14(16)13-8-6-7-9-15(13)18-12(4)10(2)11(3)17-18/h6-9,14H,5,16H2,1-4H3/t14-/m1/s1. The lowest BCUT2D eigenvalue weighted by Crippen LogP contribution is -2.13. The second-order valence-electron chi connectivity index (χ2n) is 4.78. The van der Waals surface area contributed by atoms with Crippen LogP contribution in [0.2, 0.25) is 0 Å². The molecule has 0 bridgehead atoms. The molecule has 0 fully saturated rings. The number of hydrogen-bond acceptors (Lipinski definition) is 2. The highest BCUT2D eigenvalue weighted by Crippen LogP contribution is 2.24. The number of benzene rings is 1. The lowest BCUT2D eigenvalue weighted by atomic mass is 10.0. The summed E-state index contributed by atoms with van der Waals surface area (Å²) in [6, 6.07) is 8.31. The van der Waals surface area contributed by atoms with Gasteiger partial charge in [-0.3, -0.25) is 0 Å². The zero-order valence-corrected chi connectivity index (χ0v) is 11.6. The van der Waals surface area contributed by atoms with E-state index in [1.807, 2.05) is 23.7 Å². The van der Waals surface area contributed by atoms with Gasteiger partial charge in [0, 0.05) is 11.7 Å². The summed E-state index contributed by atoms with van der Waals surface area (Å²) in [5, 5.41) is 4.62. The van der Waals surface area contributed by atoms with Gasteiger partial charge in [-0.05, 0) is 44.4 Å². The Labute approximate surface area is 109 Å². The van der Waals surface area contributed by atoms with Crippen LogP contribution < -0.4 is 5.73 Å².